The van der Waals surface area contributed by atoms with Gasteiger partial charge in [-0.25, -0.2) is 0 Å². The smallest absolute Gasteiger partial charge is 0.234 e. The number of aliphatic hydroxyl groups is 1. The van der Waals surface area contributed by atoms with Gasteiger partial charge in [0.05, 0.1) is 24.4 Å². The van der Waals surface area contributed by atoms with Crippen LogP contribution in [0.1, 0.15) is 19.5 Å². The van der Waals surface area contributed by atoms with E-state index >= 15 is 0 Å². The van der Waals surface area contributed by atoms with Crippen molar-refractivity contribution >= 4 is 5.91 Å². The first-order valence-corrected chi connectivity index (χ1v) is 6.59. The Morgan fingerprint density at radius 1 is 1.63 bits per heavy atom. The van der Waals surface area contributed by atoms with Crippen LogP contribution >= 0.6 is 0 Å². The van der Waals surface area contributed by atoms with E-state index in [2.05, 4.69) is 10.3 Å². The van der Waals surface area contributed by atoms with Crippen LogP contribution in [0.2, 0.25) is 0 Å². The van der Waals surface area contributed by atoms with Gasteiger partial charge < -0.3 is 10.4 Å². The maximum absolute atomic E-state index is 11.8. The molecule has 0 unspecified atom stereocenters. The predicted molar refractivity (Wildman–Crippen MR) is 72.3 cm³/mol. The number of likely N-dealkylation sites (tertiary alicyclic amines) is 1. The summed E-state index contributed by atoms with van der Waals surface area (Å²) in [5.74, 6) is 0.159. The van der Waals surface area contributed by atoms with Crippen LogP contribution in [0.25, 0.3) is 0 Å². The molecule has 0 spiro atoms. The van der Waals surface area contributed by atoms with Gasteiger partial charge in [0.15, 0.2) is 0 Å². The summed E-state index contributed by atoms with van der Waals surface area (Å²) < 4.78 is 0. The first kappa shape index (κ1) is 14.0. The Morgan fingerprint density at radius 2 is 2.42 bits per heavy atom. The molecule has 1 aliphatic rings. The molecule has 0 saturated carbocycles. The molecular formula is C14H21N3O2. The van der Waals surface area contributed by atoms with Crippen molar-refractivity contribution in [2.75, 3.05) is 19.6 Å². The van der Waals surface area contributed by atoms with Crippen molar-refractivity contribution in [2.24, 2.45) is 5.92 Å². The predicted octanol–water partition coefficient (Wildman–Crippen LogP) is 0.400. The van der Waals surface area contributed by atoms with Gasteiger partial charge in [-0.05, 0) is 25.0 Å². The Morgan fingerprint density at radius 3 is 3.00 bits per heavy atom. The van der Waals surface area contributed by atoms with Crippen LogP contribution in [0.3, 0.4) is 0 Å². The zero-order chi connectivity index (χ0) is 13.9. The fourth-order valence-corrected chi connectivity index (χ4v) is 2.33. The lowest BCUT2D eigenvalue weighted by atomic mass is 9.95. The molecule has 1 fully saturated rings. The number of nitrogens with zero attached hydrogens (tertiary/aromatic N) is 2. The average Bonchev–Trinajstić information content (AvgIpc) is 2.61. The van der Waals surface area contributed by atoms with Gasteiger partial charge in [0.1, 0.15) is 0 Å². The second kappa shape index (κ2) is 5.67. The summed E-state index contributed by atoms with van der Waals surface area (Å²) >= 11 is 0. The monoisotopic (exact) mass is 263 g/mol. The highest BCUT2D eigenvalue weighted by atomic mass is 16.3. The maximum atomic E-state index is 11.8. The molecule has 0 bridgehead atoms. The molecule has 2 heterocycles. The number of carbonyl (C=O) groups excluding carboxylic acids is 1. The topological polar surface area (TPSA) is 65.5 Å². The first-order valence-electron chi connectivity index (χ1n) is 6.59. The molecule has 5 heteroatoms. The summed E-state index contributed by atoms with van der Waals surface area (Å²) in [6.45, 7) is 5.90. The van der Waals surface area contributed by atoms with Crippen LogP contribution in [0, 0.1) is 5.92 Å². The molecule has 0 radical (unpaired) electrons. The van der Waals surface area contributed by atoms with Crippen LogP contribution in [-0.4, -0.2) is 46.1 Å². The lowest BCUT2D eigenvalue weighted by Crippen LogP contribution is -2.38. The van der Waals surface area contributed by atoms with Crippen LogP contribution in [0.15, 0.2) is 24.4 Å². The fraction of sp³-hybridized carbons (Fsp3) is 0.571. The lowest BCUT2D eigenvalue weighted by Gasteiger charge is -2.20. The summed E-state index contributed by atoms with van der Waals surface area (Å²) in [5.41, 5.74) is 0.152. The number of carbonyl (C=O) groups is 1. The molecule has 2 atom stereocenters. The van der Waals surface area contributed by atoms with E-state index in [1.54, 1.807) is 6.20 Å². The summed E-state index contributed by atoms with van der Waals surface area (Å²) in [5, 5.41) is 12.9. The van der Waals surface area contributed by atoms with Gasteiger partial charge >= 0.3 is 0 Å². The molecule has 0 aliphatic carbocycles. The molecule has 1 saturated heterocycles. The van der Waals surface area contributed by atoms with Crippen LogP contribution in [-0.2, 0) is 11.3 Å². The first-order chi connectivity index (χ1) is 8.97. The standard InChI is InChI=1S/C14H21N3O2/c1-11-8-17(10-14(11,2)19)9-13(18)16-7-12-5-3-4-6-15-12/h3-6,11,19H,7-10H2,1-2H3,(H,16,18)/t11-,14+/m0/s1. The van der Waals surface area contributed by atoms with Gasteiger partial charge in [-0.1, -0.05) is 13.0 Å². The SMILES string of the molecule is C[C@H]1CN(CC(=O)NCc2ccccn2)C[C@@]1(C)O. The third-order valence-corrected chi connectivity index (χ3v) is 3.70. The van der Waals surface area contributed by atoms with Crippen molar-refractivity contribution in [3.8, 4) is 0 Å². The second-order valence-electron chi connectivity index (χ2n) is 5.53. The molecule has 0 aromatic carbocycles. The molecule has 1 amide bonds. The van der Waals surface area contributed by atoms with Gasteiger partial charge in [-0.15, -0.1) is 0 Å². The maximum Gasteiger partial charge on any atom is 0.234 e. The Hall–Kier alpha value is -1.46. The minimum Gasteiger partial charge on any atom is -0.389 e. The molecule has 19 heavy (non-hydrogen) atoms. The Balaban J connectivity index is 1.77. The normalized spacial score (nSPS) is 27.4. The number of hydrogen-bond acceptors (Lipinski definition) is 4. The summed E-state index contributed by atoms with van der Waals surface area (Å²) in [6, 6.07) is 5.62. The number of rotatable bonds is 4. The molecule has 104 valence electrons. The highest BCUT2D eigenvalue weighted by Gasteiger charge is 2.38. The Kier molecular flexibility index (Phi) is 4.17. The number of β-amino-alcohol motifs (C(OH)–C–C–N with tert-alkyl or cyclic N) is 1. The van der Waals surface area contributed by atoms with E-state index in [9.17, 15) is 9.90 Å². The van der Waals surface area contributed by atoms with Crippen molar-refractivity contribution in [3.05, 3.63) is 30.1 Å². The number of nitrogens with one attached hydrogen (secondary N) is 1. The second-order valence-corrected chi connectivity index (χ2v) is 5.53. The highest BCUT2D eigenvalue weighted by Crippen LogP contribution is 2.26. The van der Waals surface area contributed by atoms with E-state index in [4.69, 9.17) is 0 Å². The Bertz CT molecular complexity index is 434. The summed E-state index contributed by atoms with van der Waals surface area (Å²) in [7, 11) is 0. The van der Waals surface area contributed by atoms with Gasteiger partial charge in [0.2, 0.25) is 5.91 Å². The van der Waals surface area contributed by atoms with E-state index in [1.807, 2.05) is 36.9 Å². The van der Waals surface area contributed by atoms with Gasteiger partial charge in [0, 0.05) is 19.3 Å². The van der Waals surface area contributed by atoms with Crippen molar-refractivity contribution in [1.29, 1.82) is 0 Å². The number of aromatic nitrogens is 1. The summed E-state index contributed by atoms with van der Waals surface area (Å²) in [6.07, 6.45) is 1.71. The van der Waals surface area contributed by atoms with Crippen LogP contribution in [0.4, 0.5) is 0 Å². The van der Waals surface area contributed by atoms with E-state index in [0.717, 1.165) is 12.2 Å². The van der Waals surface area contributed by atoms with Crippen molar-refractivity contribution in [1.82, 2.24) is 15.2 Å². The molecule has 5 nitrogen and oxygen atoms in total. The lowest BCUT2D eigenvalue weighted by molar-refractivity contribution is -0.122. The minimum absolute atomic E-state index is 0.0319. The van der Waals surface area contributed by atoms with Crippen molar-refractivity contribution in [3.63, 3.8) is 0 Å². The van der Waals surface area contributed by atoms with E-state index in [0.29, 0.717) is 19.6 Å². The van der Waals surface area contributed by atoms with Crippen molar-refractivity contribution in [2.45, 2.75) is 26.0 Å². The molecule has 1 aliphatic heterocycles. The molecule has 2 N–H and O–H groups in total. The van der Waals surface area contributed by atoms with Gasteiger partial charge in [0.25, 0.3) is 0 Å². The highest BCUT2D eigenvalue weighted by molar-refractivity contribution is 5.78. The largest absolute Gasteiger partial charge is 0.389 e. The number of hydrogen-bond donors (Lipinski definition) is 2. The number of amides is 1. The van der Waals surface area contributed by atoms with Crippen LogP contribution in [0.5, 0.6) is 0 Å². The molecule has 1 aromatic heterocycles. The zero-order valence-corrected chi connectivity index (χ0v) is 11.5. The summed E-state index contributed by atoms with van der Waals surface area (Å²) in [4.78, 5) is 18.0. The Labute approximate surface area is 113 Å². The molecular weight excluding hydrogens is 242 g/mol. The number of pyridine rings is 1. The third-order valence-electron chi connectivity index (χ3n) is 3.70. The molecule has 1 aromatic rings. The van der Waals surface area contributed by atoms with Gasteiger partial charge in [-0.2, -0.15) is 0 Å². The zero-order valence-electron chi connectivity index (χ0n) is 11.5. The van der Waals surface area contributed by atoms with Crippen molar-refractivity contribution < 1.29 is 9.90 Å². The molecule has 2 rings (SSSR count). The quantitative estimate of drug-likeness (QED) is 0.825. The third kappa shape index (κ3) is 3.75. The van der Waals surface area contributed by atoms with E-state index < -0.39 is 5.60 Å². The average molecular weight is 263 g/mol. The van der Waals surface area contributed by atoms with E-state index in [-0.39, 0.29) is 11.8 Å². The minimum atomic E-state index is -0.693. The fourth-order valence-electron chi connectivity index (χ4n) is 2.33. The van der Waals surface area contributed by atoms with Crippen LogP contribution < -0.4 is 5.32 Å². The van der Waals surface area contributed by atoms with Gasteiger partial charge in [-0.3, -0.25) is 14.7 Å². The van der Waals surface area contributed by atoms with E-state index in [1.165, 1.54) is 0 Å².